The van der Waals surface area contributed by atoms with Crippen LogP contribution in [0.2, 0.25) is 0 Å². The summed E-state index contributed by atoms with van der Waals surface area (Å²) in [6.07, 6.45) is 5.45. The molecule has 1 N–H and O–H groups in total. The number of hydrazone groups is 1. The molecule has 3 aromatic rings. The van der Waals surface area contributed by atoms with E-state index in [-0.39, 0.29) is 0 Å². The monoisotopic (exact) mass is 422 g/mol. The predicted molar refractivity (Wildman–Crippen MR) is 120 cm³/mol. The Hall–Kier alpha value is -3.94. The molecule has 1 heterocycles. The van der Waals surface area contributed by atoms with E-state index >= 15 is 0 Å². The molecule has 0 aliphatic rings. The Bertz CT molecular complexity index is 969. The van der Waals surface area contributed by atoms with Gasteiger partial charge in [-0.2, -0.15) is 5.10 Å². The van der Waals surface area contributed by atoms with Gasteiger partial charge in [0.1, 0.15) is 22.9 Å². The maximum absolute atomic E-state index is 10.6. The molecule has 0 aliphatic heterocycles. The van der Waals surface area contributed by atoms with Crippen LogP contribution in [0.5, 0.6) is 17.2 Å². The SMILES string of the molecule is CCOc1ccc(-c2cncc(C=O)n2)cc1.CN/N=C/c1cc(OC)cc(OC)c1. The Morgan fingerprint density at radius 1 is 1.00 bits per heavy atom. The second kappa shape index (κ2) is 12.6. The number of ether oxygens (including phenoxy) is 3. The van der Waals surface area contributed by atoms with Crippen molar-refractivity contribution >= 4 is 12.5 Å². The summed E-state index contributed by atoms with van der Waals surface area (Å²) in [7, 11) is 4.98. The van der Waals surface area contributed by atoms with Gasteiger partial charge in [0.05, 0.1) is 45.1 Å². The minimum Gasteiger partial charge on any atom is -0.497 e. The first-order valence-corrected chi connectivity index (χ1v) is 9.56. The van der Waals surface area contributed by atoms with Crippen LogP contribution in [0.4, 0.5) is 0 Å². The number of aldehydes is 1. The van der Waals surface area contributed by atoms with Crippen molar-refractivity contribution in [3.8, 4) is 28.5 Å². The van der Waals surface area contributed by atoms with E-state index in [1.165, 1.54) is 6.20 Å². The summed E-state index contributed by atoms with van der Waals surface area (Å²) in [6, 6.07) is 13.1. The van der Waals surface area contributed by atoms with Crippen molar-refractivity contribution in [3.05, 3.63) is 66.1 Å². The van der Waals surface area contributed by atoms with Crippen molar-refractivity contribution in [1.29, 1.82) is 0 Å². The number of hydrogen-bond acceptors (Lipinski definition) is 8. The minimum atomic E-state index is 0.330. The van der Waals surface area contributed by atoms with Crippen LogP contribution in [0, 0.1) is 0 Å². The van der Waals surface area contributed by atoms with E-state index in [0.717, 1.165) is 28.4 Å². The molecule has 0 spiro atoms. The van der Waals surface area contributed by atoms with Crippen molar-refractivity contribution in [3.63, 3.8) is 0 Å². The van der Waals surface area contributed by atoms with Crippen molar-refractivity contribution in [2.24, 2.45) is 5.10 Å². The van der Waals surface area contributed by atoms with Gasteiger partial charge in [0.2, 0.25) is 0 Å². The molecule has 3 rings (SSSR count). The molecule has 2 aromatic carbocycles. The third-order valence-corrected chi connectivity index (χ3v) is 3.95. The molecule has 0 fully saturated rings. The molecule has 0 atom stereocenters. The average Bonchev–Trinajstić information content (AvgIpc) is 2.83. The van der Waals surface area contributed by atoms with Gasteiger partial charge in [-0.15, -0.1) is 0 Å². The number of benzene rings is 2. The second-order valence-electron chi connectivity index (χ2n) is 6.03. The molecule has 1 aromatic heterocycles. The van der Waals surface area contributed by atoms with E-state index in [0.29, 0.717) is 24.3 Å². The summed E-state index contributed by atoms with van der Waals surface area (Å²) in [5.41, 5.74) is 5.52. The van der Waals surface area contributed by atoms with Gasteiger partial charge in [0.25, 0.3) is 0 Å². The number of rotatable bonds is 8. The van der Waals surface area contributed by atoms with Gasteiger partial charge in [-0.1, -0.05) is 0 Å². The standard InChI is InChI=1S/C13H12N2O2.C10H14N2O2/c1-2-17-12-5-3-10(4-6-12)13-8-14-7-11(9-16)15-13;1-11-12-7-8-4-9(13-2)6-10(5-8)14-3/h3-9H,2H2,1H3;4-7,11H,1-3H3/b;12-7+. The third-order valence-electron chi connectivity index (χ3n) is 3.95. The Kier molecular flexibility index (Phi) is 9.48. The lowest BCUT2D eigenvalue weighted by molar-refractivity contribution is 0.111. The Balaban J connectivity index is 0.000000225. The smallest absolute Gasteiger partial charge is 0.170 e. The maximum Gasteiger partial charge on any atom is 0.170 e. The van der Waals surface area contributed by atoms with Crippen LogP contribution in [0.1, 0.15) is 23.0 Å². The zero-order chi connectivity index (χ0) is 22.5. The van der Waals surface area contributed by atoms with Gasteiger partial charge in [0, 0.05) is 24.2 Å². The number of hydrogen-bond donors (Lipinski definition) is 1. The first-order valence-electron chi connectivity index (χ1n) is 9.56. The number of nitrogens with zero attached hydrogens (tertiary/aromatic N) is 3. The molecule has 0 bridgehead atoms. The molecule has 31 heavy (non-hydrogen) atoms. The summed E-state index contributed by atoms with van der Waals surface area (Å²) in [5.74, 6) is 2.32. The molecular formula is C23H26N4O4. The van der Waals surface area contributed by atoms with Crippen molar-refractivity contribution in [2.45, 2.75) is 6.92 Å². The Morgan fingerprint density at radius 2 is 1.68 bits per heavy atom. The number of methoxy groups -OCH3 is 2. The second-order valence-corrected chi connectivity index (χ2v) is 6.03. The van der Waals surface area contributed by atoms with Crippen LogP contribution in [0.3, 0.4) is 0 Å². The Morgan fingerprint density at radius 3 is 2.23 bits per heavy atom. The summed E-state index contributed by atoms with van der Waals surface area (Å²) < 4.78 is 15.6. The van der Waals surface area contributed by atoms with Crippen LogP contribution >= 0.6 is 0 Å². The molecule has 162 valence electrons. The predicted octanol–water partition coefficient (Wildman–Crippen LogP) is 3.61. The van der Waals surface area contributed by atoms with Crippen LogP contribution in [0.15, 0.2) is 60.0 Å². The lowest BCUT2D eigenvalue weighted by atomic mass is 10.1. The lowest BCUT2D eigenvalue weighted by Crippen LogP contribution is -1.96. The van der Waals surface area contributed by atoms with Gasteiger partial charge in [0.15, 0.2) is 6.29 Å². The molecule has 0 radical (unpaired) electrons. The van der Waals surface area contributed by atoms with Gasteiger partial charge < -0.3 is 19.6 Å². The zero-order valence-electron chi connectivity index (χ0n) is 18.0. The number of carbonyl (C=O) groups excluding carboxylic acids is 1. The molecule has 0 unspecified atom stereocenters. The van der Waals surface area contributed by atoms with Crippen molar-refractivity contribution in [2.75, 3.05) is 27.9 Å². The first-order chi connectivity index (χ1) is 15.1. The summed E-state index contributed by atoms with van der Waals surface area (Å²) in [5, 5.41) is 3.91. The highest BCUT2D eigenvalue weighted by Crippen LogP contribution is 2.21. The van der Waals surface area contributed by atoms with E-state index in [4.69, 9.17) is 14.2 Å². The van der Waals surface area contributed by atoms with E-state index in [1.54, 1.807) is 33.7 Å². The molecule has 0 amide bonds. The zero-order valence-corrected chi connectivity index (χ0v) is 18.0. The van der Waals surface area contributed by atoms with Gasteiger partial charge in [-0.05, 0) is 43.3 Å². The normalized spacial score (nSPS) is 10.1. The highest BCUT2D eigenvalue weighted by Gasteiger charge is 2.02. The van der Waals surface area contributed by atoms with Crippen molar-refractivity contribution in [1.82, 2.24) is 15.4 Å². The molecule has 8 nitrogen and oxygen atoms in total. The lowest BCUT2D eigenvalue weighted by Gasteiger charge is -2.05. The molecule has 0 aliphatic carbocycles. The fourth-order valence-electron chi connectivity index (χ4n) is 2.51. The third kappa shape index (κ3) is 7.43. The summed E-state index contributed by atoms with van der Waals surface area (Å²) in [6.45, 7) is 2.58. The van der Waals surface area contributed by atoms with Crippen molar-refractivity contribution < 1.29 is 19.0 Å². The summed E-state index contributed by atoms with van der Waals surface area (Å²) >= 11 is 0. The number of aromatic nitrogens is 2. The largest absolute Gasteiger partial charge is 0.497 e. The highest BCUT2D eigenvalue weighted by molar-refractivity contribution is 5.81. The van der Waals surface area contributed by atoms with E-state index < -0.39 is 0 Å². The molecular weight excluding hydrogens is 396 g/mol. The molecule has 0 saturated carbocycles. The highest BCUT2D eigenvalue weighted by atomic mass is 16.5. The number of carbonyl (C=O) groups is 1. The molecule has 0 saturated heterocycles. The van der Waals surface area contributed by atoms with E-state index in [2.05, 4.69) is 20.5 Å². The Labute approximate surface area is 181 Å². The van der Waals surface area contributed by atoms with Gasteiger partial charge in [-0.3, -0.25) is 9.78 Å². The van der Waals surface area contributed by atoms with Crippen LogP contribution in [0.25, 0.3) is 11.3 Å². The van der Waals surface area contributed by atoms with Gasteiger partial charge in [-0.25, -0.2) is 4.98 Å². The van der Waals surface area contributed by atoms with Crippen LogP contribution in [-0.2, 0) is 0 Å². The summed E-state index contributed by atoms with van der Waals surface area (Å²) in [4.78, 5) is 18.7. The number of nitrogens with one attached hydrogen (secondary N) is 1. The fourth-order valence-corrected chi connectivity index (χ4v) is 2.51. The average molecular weight is 422 g/mol. The van der Waals surface area contributed by atoms with E-state index in [1.807, 2.05) is 49.4 Å². The minimum absolute atomic E-state index is 0.330. The van der Waals surface area contributed by atoms with Gasteiger partial charge >= 0.3 is 0 Å². The quantitative estimate of drug-likeness (QED) is 0.337. The van der Waals surface area contributed by atoms with Crippen LogP contribution < -0.4 is 19.6 Å². The first kappa shape index (κ1) is 23.3. The fraction of sp³-hybridized carbons (Fsp3) is 0.217. The topological polar surface area (TPSA) is 94.9 Å². The van der Waals surface area contributed by atoms with Crippen LogP contribution in [-0.4, -0.2) is 50.3 Å². The maximum atomic E-state index is 10.6. The molecule has 8 heteroatoms. The van der Waals surface area contributed by atoms with E-state index in [9.17, 15) is 4.79 Å².